The summed E-state index contributed by atoms with van der Waals surface area (Å²) in [5, 5.41) is 14.3. The van der Waals surface area contributed by atoms with Gasteiger partial charge < -0.3 is 10.2 Å². The molecule has 6 nitrogen and oxygen atoms in total. The van der Waals surface area contributed by atoms with Crippen LogP contribution in [0.1, 0.15) is 33.4 Å². The van der Waals surface area contributed by atoms with Crippen LogP contribution in [0, 0.1) is 13.8 Å². The van der Waals surface area contributed by atoms with Crippen molar-refractivity contribution in [1.29, 1.82) is 0 Å². The van der Waals surface area contributed by atoms with Gasteiger partial charge in [0, 0.05) is 29.4 Å². The zero-order valence-electron chi connectivity index (χ0n) is 15.6. The Morgan fingerprint density at radius 2 is 2.11 bits per heavy atom. The molecule has 0 bridgehead atoms. The molecule has 144 valence electrons. The van der Waals surface area contributed by atoms with Crippen molar-refractivity contribution in [2.75, 3.05) is 16.8 Å². The molecule has 2 amide bonds. The van der Waals surface area contributed by atoms with Gasteiger partial charge in [-0.1, -0.05) is 23.5 Å². The Bertz CT molecular complexity index is 1010. The lowest BCUT2D eigenvalue weighted by Crippen LogP contribution is -2.24. The molecule has 0 spiro atoms. The number of anilines is 2. The van der Waals surface area contributed by atoms with Gasteiger partial charge in [0.25, 0.3) is 0 Å². The molecule has 1 saturated heterocycles. The summed E-state index contributed by atoms with van der Waals surface area (Å²) in [6.45, 7) is 4.69. The van der Waals surface area contributed by atoms with E-state index in [-0.39, 0.29) is 17.7 Å². The average Bonchev–Trinajstić information content (AvgIpc) is 3.39. The number of benzene rings is 1. The first-order valence-electron chi connectivity index (χ1n) is 9.03. The quantitative estimate of drug-likeness (QED) is 0.689. The van der Waals surface area contributed by atoms with Gasteiger partial charge >= 0.3 is 0 Å². The maximum absolute atomic E-state index is 12.5. The molecule has 4 rings (SSSR count). The molecule has 2 aromatic heterocycles. The largest absolute Gasteiger partial charge is 0.312 e. The van der Waals surface area contributed by atoms with Gasteiger partial charge in [0.1, 0.15) is 5.01 Å². The molecule has 1 aliphatic rings. The van der Waals surface area contributed by atoms with Crippen molar-refractivity contribution in [2.24, 2.45) is 0 Å². The minimum atomic E-state index is -0.107. The number of thiophene rings is 1. The number of rotatable bonds is 5. The predicted octanol–water partition coefficient (Wildman–Crippen LogP) is 3.92. The van der Waals surface area contributed by atoms with Crippen molar-refractivity contribution < 1.29 is 9.59 Å². The number of carbonyl (C=O) groups is 2. The fraction of sp³-hybridized carbons (Fsp3) is 0.300. The Hall–Kier alpha value is -2.58. The smallest absolute Gasteiger partial charge is 0.231 e. The number of nitrogens with one attached hydrogen (secondary N) is 1. The van der Waals surface area contributed by atoms with Crippen LogP contribution in [0.2, 0.25) is 0 Å². The van der Waals surface area contributed by atoms with Crippen LogP contribution in [0.4, 0.5) is 10.8 Å². The van der Waals surface area contributed by atoms with Crippen LogP contribution < -0.4 is 10.2 Å². The Morgan fingerprint density at radius 3 is 2.86 bits per heavy atom. The third kappa shape index (κ3) is 3.98. The van der Waals surface area contributed by atoms with Crippen molar-refractivity contribution >= 4 is 45.3 Å². The highest BCUT2D eigenvalue weighted by molar-refractivity contribution is 7.15. The van der Waals surface area contributed by atoms with E-state index in [1.54, 1.807) is 11.3 Å². The van der Waals surface area contributed by atoms with Gasteiger partial charge in [-0.05, 0) is 48.6 Å². The second-order valence-electron chi connectivity index (χ2n) is 6.92. The summed E-state index contributed by atoms with van der Waals surface area (Å²) in [5.74, 6) is -0.0225. The third-order valence-corrected chi connectivity index (χ3v) is 6.76. The van der Waals surface area contributed by atoms with E-state index in [4.69, 9.17) is 0 Å². The Labute approximate surface area is 171 Å². The molecule has 0 aliphatic carbocycles. The van der Waals surface area contributed by atoms with Crippen molar-refractivity contribution in [3.63, 3.8) is 0 Å². The Balaban J connectivity index is 1.42. The van der Waals surface area contributed by atoms with Crippen LogP contribution in [-0.2, 0) is 16.0 Å². The van der Waals surface area contributed by atoms with Crippen molar-refractivity contribution in [3.05, 3.63) is 56.7 Å². The zero-order valence-corrected chi connectivity index (χ0v) is 17.3. The molecule has 28 heavy (non-hydrogen) atoms. The number of aromatic nitrogens is 2. The summed E-state index contributed by atoms with van der Waals surface area (Å²) in [7, 11) is 0. The minimum Gasteiger partial charge on any atom is -0.312 e. The lowest BCUT2D eigenvalue weighted by atomic mass is 10.1. The number of nitrogens with zero attached hydrogens (tertiary/aromatic N) is 3. The molecule has 1 atom stereocenters. The SMILES string of the molecule is Cc1ccc(N2CC(c3nnc(NC(=O)Cc4cccs4)s3)CC2=O)cc1C. The number of aryl methyl sites for hydroxylation is 2. The lowest BCUT2D eigenvalue weighted by molar-refractivity contribution is -0.117. The van der Waals surface area contributed by atoms with Crippen LogP contribution in [-0.4, -0.2) is 28.6 Å². The summed E-state index contributed by atoms with van der Waals surface area (Å²) >= 11 is 2.90. The van der Waals surface area contributed by atoms with Gasteiger partial charge in [-0.3, -0.25) is 9.59 Å². The minimum absolute atomic E-state index is 0.00504. The number of hydrogen-bond acceptors (Lipinski definition) is 6. The van der Waals surface area contributed by atoms with Gasteiger partial charge in [-0.25, -0.2) is 0 Å². The van der Waals surface area contributed by atoms with E-state index in [9.17, 15) is 9.59 Å². The van der Waals surface area contributed by atoms with Crippen molar-refractivity contribution in [2.45, 2.75) is 32.6 Å². The fourth-order valence-corrected chi connectivity index (χ4v) is 4.76. The summed E-state index contributed by atoms with van der Waals surface area (Å²) in [4.78, 5) is 27.5. The van der Waals surface area contributed by atoms with Crippen LogP contribution in [0.25, 0.3) is 0 Å². The van der Waals surface area contributed by atoms with E-state index in [0.29, 0.717) is 24.5 Å². The molecule has 1 aliphatic heterocycles. The van der Waals surface area contributed by atoms with Gasteiger partial charge in [0.05, 0.1) is 6.42 Å². The van der Waals surface area contributed by atoms with Gasteiger partial charge in [0.2, 0.25) is 16.9 Å². The lowest BCUT2D eigenvalue weighted by Gasteiger charge is -2.17. The molecule has 1 N–H and O–H groups in total. The topological polar surface area (TPSA) is 75.2 Å². The van der Waals surface area contributed by atoms with Crippen LogP contribution in [0.15, 0.2) is 35.7 Å². The third-order valence-electron chi connectivity index (χ3n) is 4.88. The second kappa shape index (κ2) is 7.81. The van der Waals surface area contributed by atoms with Crippen LogP contribution in [0.5, 0.6) is 0 Å². The molecule has 8 heteroatoms. The van der Waals surface area contributed by atoms with Crippen molar-refractivity contribution in [3.8, 4) is 0 Å². The number of hydrogen-bond donors (Lipinski definition) is 1. The fourth-order valence-electron chi connectivity index (χ4n) is 3.20. The number of carbonyl (C=O) groups excluding carboxylic acids is 2. The predicted molar refractivity (Wildman–Crippen MR) is 112 cm³/mol. The van der Waals surface area contributed by atoms with Crippen molar-refractivity contribution in [1.82, 2.24) is 10.2 Å². The molecule has 1 fully saturated rings. The average molecular weight is 413 g/mol. The molecule has 3 aromatic rings. The van der Waals surface area contributed by atoms with Crippen LogP contribution >= 0.6 is 22.7 Å². The summed E-state index contributed by atoms with van der Waals surface area (Å²) < 4.78 is 0. The van der Waals surface area contributed by atoms with E-state index >= 15 is 0 Å². The van der Waals surface area contributed by atoms with Gasteiger partial charge in [0.15, 0.2) is 0 Å². The Morgan fingerprint density at radius 1 is 1.25 bits per heavy atom. The monoisotopic (exact) mass is 412 g/mol. The summed E-state index contributed by atoms with van der Waals surface area (Å²) in [6.07, 6.45) is 0.736. The molecule has 1 aromatic carbocycles. The van der Waals surface area contributed by atoms with E-state index in [1.807, 2.05) is 47.5 Å². The van der Waals surface area contributed by atoms with Gasteiger partial charge in [-0.15, -0.1) is 21.5 Å². The van der Waals surface area contributed by atoms with E-state index < -0.39 is 0 Å². The molecule has 1 unspecified atom stereocenters. The first-order chi connectivity index (χ1) is 13.5. The summed E-state index contributed by atoms with van der Waals surface area (Å²) in [6, 6.07) is 9.93. The molecule has 0 saturated carbocycles. The van der Waals surface area contributed by atoms with E-state index in [2.05, 4.69) is 22.4 Å². The van der Waals surface area contributed by atoms with Crippen LogP contribution in [0.3, 0.4) is 0 Å². The van der Waals surface area contributed by atoms with E-state index in [0.717, 1.165) is 15.6 Å². The maximum atomic E-state index is 12.5. The maximum Gasteiger partial charge on any atom is 0.231 e. The first kappa shape index (κ1) is 18.8. The Kier molecular flexibility index (Phi) is 5.23. The zero-order chi connectivity index (χ0) is 19.7. The molecule has 3 heterocycles. The highest BCUT2D eigenvalue weighted by atomic mass is 32.1. The molecule has 0 radical (unpaired) electrons. The second-order valence-corrected chi connectivity index (χ2v) is 8.97. The van der Waals surface area contributed by atoms with E-state index in [1.165, 1.54) is 22.5 Å². The highest BCUT2D eigenvalue weighted by Gasteiger charge is 2.34. The normalized spacial score (nSPS) is 16.6. The first-order valence-corrected chi connectivity index (χ1v) is 10.7. The standard InChI is InChI=1S/C20H20N4O2S2/c1-12-5-6-15(8-13(12)2)24-11-14(9-18(24)26)19-22-23-20(28-19)21-17(25)10-16-4-3-7-27-16/h3-8,14H,9-11H2,1-2H3,(H,21,23,25). The van der Waals surface area contributed by atoms with Gasteiger partial charge in [-0.2, -0.15) is 0 Å². The highest BCUT2D eigenvalue weighted by Crippen LogP contribution is 2.34. The summed E-state index contributed by atoms with van der Waals surface area (Å²) in [5.41, 5.74) is 3.30. The molecular weight excluding hydrogens is 392 g/mol. The number of amides is 2. The molecular formula is C20H20N4O2S2.